The standard InChI is InChI=1S/C21H21FN4O2/c1-21(8-12-26(13-9-21)20(27)28)19-24-17(14-2-4-16(22)5-3-14)18(25-19)15-6-10-23-11-7-15/h2-7,10-11H,8-9,12-13H2,1H3,(H,24,25)(H,27,28). The summed E-state index contributed by atoms with van der Waals surface area (Å²) in [6.45, 7) is 3.06. The SMILES string of the molecule is CC1(c2nc(-c3ccc(F)cc3)c(-c3ccncc3)[nH]2)CCN(C(=O)O)CC1. The van der Waals surface area contributed by atoms with Crippen molar-refractivity contribution < 1.29 is 14.3 Å². The van der Waals surface area contributed by atoms with Gasteiger partial charge in [-0.2, -0.15) is 0 Å². The van der Waals surface area contributed by atoms with Crippen molar-refractivity contribution in [3.63, 3.8) is 0 Å². The van der Waals surface area contributed by atoms with E-state index in [4.69, 9.17) is 4.98 Å². The van der Waals surface area contributed by atoms with Crippen LogP contribution >= 0.6 is 0 Å². The first-order valence-corrected chi connectivity index (χ1v) is 9.21. The summed E-state index contributed by atoms with van der Waals surface area (Å²) >= 11 is 0. The van der Waals surface area contributed by atoms with Crippen molar-refractivity contribution in [2.24, 2.45) is 0 Å². The highest BCUT2D eigenvalue weighted by atomic mass is 19.1. The van der Waals surface area contributed by atoms with Crippen LogP contribution in [-0.2, 0) is 5.41 Å². The number of benzene rings is 1. The lowest BCUT2D eigenvalue weighted by atomic mass is 9.80. The van der Waals surface area contributed by atoms with Gasteiger partial charge in [-0.1, -0.05) is 6.92 Å². The molecule has 0 radical (unpaired) electrons. The largest absolute Gasteiger partial charge is 0.465 e. The molecular formula is C21H21FN4O2. The van der Waals surface area contributed by atoms with E-state index in [0.717, 1.165) is 28.3 Å². The molecule has 1 fully saturated rings. The minimum Gasteiger partial charge on any atom is -0.465 e. The second-order valence-corrected chi connectivity index (χ2v) is 7.38. The van der Waals surface area contributed by atoms with Gasteiger partial charge in [-0.05, 0) is 49.2 Å². The summed E-state index contributed by atoms with van der Waals surface area (Å²) in [6, 6.07) is 10.1. The molecule has 1 saturated heterocycles. The fourth-order valence-electron chi connectivity index (χ4n) is 3.63. The highest BCUT2D eigenvalue weighted by Crippen LogP contribution is 2.38. The monoisotopic (exact) mass is 380 g/mol. The van der Waals surface area contributed by atoms with Gasteiger partial charge in [0.15, 0.2) is 0 Å². The van der Waals surface area contributed by atoms with Gasteiger partial charge in [0.2, 0.25) is 0 Å². The Morgan fingerprint density at radius 3 is 2.36 bits per heavy atom. The number of halogens is 1. The third-order valence-electron chi connectivity index (χ3n) is 5.50. The zero-order chi connectivity index (χ0) is 19.7. The Balaban J connectivity index is 1.75. The van der Waals surface area contributed by atoms with Crippen molar-refractivity contribution in [2.45, 2.75) is 25.2 Å². The smallest absolute Gasteiger partial charge is 0.407 e. The van der Waals surface area contributed by atoms with Crippen LogP contribution in [0.4, 0.5) is 9.18 Å². The molecule has 1 amide bonds. The van der Waals surface area contributed by atoms with E-state index in [1.54, 1.807) is 24.5 Å². The van der Waals surface area contributed by atoms with E-state index in [-0.39, 0.29) is 11.2 Å². The van der Waals surface area contributed by atoms with Crippen molar-refractivity contribution in [1.29, 1.82) is 0 Å². The second-order valence-electron chi connectivity index (χ2n) is 7.38. The Morgan fingerprint density at radius 2 is 1.75 bits per heavy atom. The van der Waals surface area contributed by atoms with Crippen LogP contribution < -0.4 is 0 Å². The molecule has 3 heterocycles. The lowest BCUT2D eigenvalue weighted by Crippen LogP contribution is -2.43. The predicted octanol–water partition coefficient (Wildman–Crippen LogP) is 4.31. The van der Waals surface area contributed by atoms with Gasteiger partial charge in [0.25, 0.3) is 0 Å². The first kappa shape index (κ1) is 18.2. The molecule has 0 bridgehead atoms. The Bertz CT molecular complexity index is 977. The molecule has 2 aromatic heterocycles. The van der Waals surface area contributed by atoms with Gasteiger partial charge in [-0.3, -0.25) is 4.98 Å². The van der Waals surface area contributed by atoms with Gasteiger partial charge in [0.1, 0.15) is 11.6 Å². The molecule has 3 aromatic rings. The van der Waals surface area contributed by atoms with Gasteiger partial charge in [0, 0.05) is 42.0 Å². The molecule has 144 valence electrons. The quantitative estimate of drug-likeness (QED) is 0.709. The van der Waals surface area contributed by atoms with Crippen molar-refractivity contribution in [3.8, 4) is 22.5 Å². The van der Waals surface area contributed by atoms with Crippen molar-refractivity contribution in [1.82, 2.24) is 19.9 Å². The van der Waals surface area contributed by atoms with Crippen molar-refractivity contribution in [3.05, 3.63) is 60.4 Å². The Hall–Kier alpha value is -3.22. The number of aromatic amines is 1. The third kappa shape index (κ3) is 3.35. The van der Waals surface area contributed by atoms with Crippen LogP contribution in [0, 0.1) is 5.82 Å². The number of carboxylic acid groups (broad SMARTS) is 1. The number of nitrogens with zero attached hydrogens (tertiary/aromatic N) is 3. The minimum absolute atomic E-state index is 0.258. The molecule has 1 aromatic carbocycles. The van der Waals surface area contributed by atoms with Crippen LogP contribution in [0.5, 0.6) is 0 Å². The van der Waals surface area contributed by atoms with Gasteiger partial charge in [-0.15, -0.1) is 0 Å². The molecule has 1 aliphatic rings. The molecule has 0 unspecified atom stereocenters. The van der Waals surface area contributed by atoms with Crippen LogP contribution in [0.25, 0.3) is 22.5 Å². The van der Waals surface area contributed by atoms with Gasteiger partial charge < -0.3 is 15.0 Å². The number of hydrogen-bond donors (Lipinski definition) is 2. The number of aromatic nitrogens is 3. The van der Waals surface area contributed by atoms with E-state index < -0.39 is 6.09 Å². The fourth-order valence-corrected chi connectivity index (χ4v) is 3.63. The summed E-state index contributed by atoms with van der Waals surface area (Å²) in [5, 5.41) is 9.21. The van der Waals surface area contributed by atoms with E-state index >= 15 is 0 Å². The minimum atomic E-state index is -0.883. The van der Waals surface area contributed by atoms with E-state index in [1.807, 2.05) is 12.1 Å². The number of nitrogens with one attached hydrogen (secondary N) is 1. The predicted molar refractivity (Wildman–Crippen MR) is 103 cm³/mol. The molecule has 0 aliphatic carbocycles. The van der Waals surface area contributed by atoms with Crippen LogP contribution in [0.15, 0.2) is 48.8 Å². The maximum Gasteiger partial charge on any atom is 0.407 e. The lowest BCUT2D eigenvalue weighted by molar-refractivity contribution is 0.118. The maximum atomic E-state index is 13.4. The molecule has 0 saturated carbocycles. The number of hydrogen-bond acceptors (Lipinski definition) is 3. The Morgan fingerprint density at radius 1 is 1.11 bits per heavy atom. The molecular weight excluding hydrogens is 359 g/mol. The number of likely N-dealkylation sites (tertiary alicyclic amines) is 1. The average molecular weight is 380 g/mol. The van der Waals surface area contributed by atoms with Crippen molar-refractivity contribution >= 4 is 6.09 Å². The van der Waals surface area contributed by atoms with Crippen molar-refractivity contribution in [2.75, 3.05) is 13.1 Å². The molecule has 0 spiro atoms. The van der Waals surface area contributed by atoms with Gasteiger partial charge >= 0.3 is 6.09 Å². The number of imidazole rings is 1. The zero-order valence-corrected chi connectivity index (χ0v) is 15.5. The van der Waals surface area contributed by atoms with Gasteiger partial charge in [-0.25, -0.2) is 14.2 Å². The molecule has 2 N–H and O–H groups in total. The Kier molecular flexibility index (Phi) is 4.58. The fraction of sp³-hybridized carbons (Fsp3) is 0.286. The number of carbonyl (C=O) groups is 1. The van der Waals surface area contributed by atoms with Crippen LogP contribution in [-0.4, -0.2) is 44.1 Å². The lowest BCUT2D eigenvalue weighted by Gasteiger charge is -2.36. The summed E-state index contributed by atoms with van der Waals surface area (Å²) in [6.07, 6.45) is 3.93. The maximum absolute atomic E-state index is 13.4. The van der Waals surface area contributed by atoms with Crippen LogP contribution in [0.2, 0.25) is 0 Å². The summed E-state index contributed by atoms with van der Waals surface area (Å²) < 4.78 is 13.4. The van der Waals surface area contributed by atoms with Crippen LogP contribution in [0.3, 0.4) is 0 Å². The molecule has 7 heteroatoms. The third-order valence-corrected chi connectivity index (χ3v) is 5.50. The topological polar surface area (TPSA) is 82.1 Å². The number of piperidine rings is 1. The first-order valence-electron chi connectivity index (χ1n) is 9.21. The molecule has 28 heavy (non-hydrogen) atoms. The highest BCUT2D eigenvalue weighted by Gasteiger charge is 2.36. The number of rotatable bonds is 3. The van der Waals surface area contributed by atoms with E-state index in [1.165, 1.54) is 17.0 Å². The number of pyridine rings is 1. The summed E-state index contributed by atoms with van der Waals surface area (Å²) in [5.41, 5.74) is 3.11. The van der Waals surface area contributed by atoms with Gasteiger partial charge in [0.05, 0.1) is 11.4 Å². The first-order chi connectivity index (χ1) is 13.5. The Labute approximate surface area is 162 Å². The molecule has 1 aliphatic heterocycles. The summed E-state index contributed by atoms with van der Waals surface area (Å²) in [5.74, 6) is 0.529. The van der Waals surface area contributed by atoms with E-state index in [9.17, 15) is 14.3 Å². The number of H-pyrrole nitrogens is 1. The average Bonchev–Trinajstić information content (AvgIpc) is 3.16. The zero-order valence-electron chi connectivity index (χ0n) is 15.5. The number of amides is 1. The second kappa shape index (κ2) is 7.07. The molecule has 0 atom stereocenters. The summed E-state index contributed by atoms with van der Waals surface area (Å²) in [4.78, 5) is 25.1. The normalized spacial score (nSPS) is 16.1. The summed E-state index contributed by atoms with van der Waals surface area (Å²) in [7, 11) is 0. The molecule has 4 rings (SSSR count). The van der Waals surface area contributed by atoms with E-state index in [0.29, 0.717) is 25.9 Å². The van der Waals surface area contributed by atoms with E-state index in [2.05, 4.69) is 16.9 Å². The van der Waals surface area contributed by atoms with Crippen LogP contribution in [0.1, 0.15) is 25.6 Å². The highest BCUT2D eigenvalue weighted by molar-refractivity contribution is 5.78. The molecule has 6 nitrogen and oxygen atoms in total.